The fourth-order valence-corrected chi connectivity index (χ4v) is 4.19. The Morgan fingerprint density at radius 3 is 2.74 bits per heavy atom. The van der Waals surface area contributed by atoms with Crippen LogP contribution < -0.4 is 5.32 Å². The van der Waals surface area contributed by atoms with Crippen molar-refractivity contribution in [2.45, 2.75) is 39.4 Å². The van der Waals surface area contributed by atoms with Crippen molar-refractivity contribution in [3.05, 3.63) is 28.2 Å². The highest BCUT2D eigenvalue weighted by Gasteiger charge is 2.25. The molecule has 4 heteroatoms. The third-order valence-corrected chi connectivity index (χ3v) is 4.41. The van der Waals surface area contributed by atoms with E-state index >= 15 is 0 Å². The van der Waals surface area contributed by atoms with E-state index < -0.39 is 0 Å². The fraction of sp³-hybridized carbons (Fsp3) is 0.533. The number of rotatable bonds is 2. The predicted molar refractivity (Wildman–Crippen MR) is 90.3 cm³/mol. The maximum Gasteiger partial charge on any atom is 0.161 e. The highest BCUT2D eigenvalue weighted by Crippen LogP contribution is 2.32. The van der Waals surface area contributed by atoms with E-state index in [1.807, 2.05) is 11.8 Å². The van der Waals surface area contributed by atoms with E-state index in [0.29, 0.717) is 10.7 Å². The van der Waals surface area contributed by atoms with Crippen molar-refractivity contribution in [1.82, 2.24) is 0 Å². The molecule has 1 aromatic rings. The molecule has 1 aromatic carbocycles. The molecule has 0 aromatic heterocycles. The molecule has 0 saturated carbocycles. The first-order valence-corrected chi connectivity index (χ1v) is 8.24. The second-order valence-corrected chi connectivity index (χ2v) is 8.50. The van der Waals surface area contributed by atoms with E-state index in [2.05, 4.69) is 72.1 Å². The molecule has 0 aliphatic carbocycles. The smallest absolute Gasteiger partial charge is 0.161 e. The predicted octanol–water partition coefficient (Wildman–Crippen LogP) is 5.08. The quantitative estimate of drug-likeness (QED) is 0.811. The number of aliphatic imine (C=N–C) groups is 1. The van der Waals surface area contributed by atoms with Crippen LogP contribution in [0.1, 0.15) is 32.8 Å². The molecule has 1 atom stereocenters. The highest BCUT2D eigenvalue weighted by atomic mass is 79.9. The van der Waals surface area contributed by atoms with E-state index in [1.54, 1.807) is 0 Å². The Morgan fingerprint density at radius 1 is 1.37 bits per heavy atom. The number of amidine groups is 1. The molecule has 0 bridgehead atoms. The van der Waals surface area contributed by atoms with Crippen molar-refractivity contribution in [2.24, 2.45) is 10.4 Å². The highest BCUT2D eigenvalue weighted by molar-refractivity contribution is 9.10. The minimum Gasteiger partial charge on any atom is -0.335 e. The molecule has 0 saturated heterocycles. The second kappa shape index (κ2) is 5.88. The Labute approximate surface area is 128 Å². The van der Waals surface area contributed by atoms with E-state index in [-0.39, 0.29) is 0 Å². The molecule has 104 valence electrons. The number of hydrogen-bond acceptors (Lipinski definition) is 3. The maximum atomic E-state index is 4.61. The molecule has 19 heavy (non-hydrogen) atoms. The van der Waals surface area contributed by atoms with Crippen molar-refractivity contribution in [3.63, 3.8) is 0 Å². The van der Waals surface area contributed by atoms with Crippen LogP contribution >= 0.6 is 27.7 Å². The van der Waals surface area contributed by atoms with Crippen molar-refractivity contribution in [2.75, 3.05) is 11.9 Å². The van der Waals surface area contributed by atoms with Gasteiger partial charge in [-0.15, -0.1) is 0 Å². The summed E-state index contributed by atoms with van der Waals surface area (Å²) in [4.78, 5) is 4.61. The Morgan fingerprint density at radius 2 is 2.11 bits per heavy atom. The van der Waals surface area contributed by atoms with Gasteiger partial charge in [-0.3, -0.25) is 4.99 Å². The lowest BCUT2D eigenvalue weighted by atomic mass is 9.90. The molecule has 1 unspecified atom stereocenters. The summed E-state index contributed by atoms with van der Waals surface area (Å²) >= 11 is 5.39. The fourth-order valence-electron chi connectivity index (χ4n) is 2.21. The second-order valence-electron chi connectivity index (χ2n) is 6.29. The zero-order valence-corrected chi connectivity index (χ0v) is 14.4. The van der Waals surface area contributed by atoms with Gasteiger partial charge in [0, 0.05) is 15.4 Å². The summed E-state index contributed by atoms with van der Waals surface area (Å²) in [6.45, 7) is 9.89. The zero-order valence-electron chi connectivity index (χ0n) is 12.0. The van der Waals surface area contributed by atoms with Gasteiger partial charge >= 0.3 is 0 Å². The lowest BCUT2D eigenvalue weighted by molar-refractivity contribution is 0.375. The largest absolute Gasteiger partial charge is 0.335 e. The topological polar surface area (TPSA) is 24.4 Å². The summed E-state index contributed by atoms with van der Waals surface area (Å²) in [7, 11) is 0. The molecule has 0 radical (unpaired) electrons. The van der Waals surface area contributed by atoms with E-state index in [9.17, 15) is 0 Å². The van der Waals surface area contributed by atoms with Gasteiger partial charge in [0.15, 0.2) is 5.17 Å². The van der Waals surface area contributed by atoms with E-state index in [0.717, 1.165) is 21.9 Å². The number of aryl methyl sites for hydroxylation is 1. The van der Waals surface area contributed by atoms with Gasteiger partial charge in [0.25, 0.3) is 0 Å². The normalized spacial score (nSPS) is 19.4. The monoisotopic (exact) mass is 340 g/mol. The van der Waals surface area contributed by atoms with Crippen LogP contribution in [0.4, 0.5) is 5.69 Å². The number of nitrogens with one attached hydrogen (secondary N) is 1. The molecule has 0 fully saturated rings. The van der Waals surface area contributed by atoms with Gasteiger partial charge in [-0.05, 0) is 42.5 Å². The molecule has 1 aliphatic heterocycles. The van der Waals surface area contributed by atoms with Crippen LogP contribution in [0.3, 0.4) is 0 Å². The average molecular weight is 341 g/mol. The summed E-state index contributed by atoms with van der Waals surface area (Å²) < 4.78 is 1.10. The van der Waals surface area contributed by atoms with Crippen LogP contribution in [-0.2, 0) is 0 Å². The molecular weight excluding hydrogens is 320 g/mol. The first-order chi connectivity index (χ1) is 8.82. The molecule has 1 N–H and O–H groups in total. The van der Waals surface area contributed by atoms with Crippen molar-refractivity contribution >= 4 is 38.5 Å². The van der Waals surface area contributed by atoms with Gasteiger partial charge in [-0.1, -0.05) is 48.5 Å². The third kappa shape index (κ3) is 4.84. The molecule has 1 heterocycles. The molecule has 1 aliphatic rings. The van der Waals surface area contributed by atoms with Crippen molar-refractivity contribution < 1.29 is 0 Å². The number of halogens is 1. The van der Waals surface area contributed by atoms with Crippen LogP contribution in [-0.4, -0.2) is 17.0 Å². The number of anilines is 1. The van der Waals surface area contributed by atoms with E-state index in [1.165, 1.54) is 12.0 Å². The van der Waals surface area contributed by atoms with E-state index in [4.69, 9.17) is 0 Å². The molecular formula is C15H21BrN2S. The van der Waals surface area contributed by atoms with Gasteiger partial charge in [-0.25, -0.2) is 0 Å². The Balaban J connectivity index is 1.95. The summed E-state index contributed by atoms with van der Waals surface area (Å²) in [5.41, 5.74) is 2.72. The molecule has 0 amide bonds. The minimum atomic E-state index is 0.370. The molecule has 2 rings (SSSR count). The Hall–Kier alpha value is -0.480. The third-order valence-electron chi connectivity index (χ3n) is 2.85. The van der Waals surface area contributed by atoms with Gasteiger partial charge in [0.05, 0.1) is 6.54 Å². The molecule has 0 spiro atoms. The maximum absolute atomic E-state index is 4.61. The van der Waals surface area contributed by atoms with Crippen LogP contribution in [0, 0.1) is 12.3 Å². The standard InChI is InChI=1S/C15H21BrN2S/c1-10-5-11(16)7-12(6-10)18-14-17-9-13(19-14)8-15(2,3)4/h5-7,13H,8-9H2,1-4H3,(H,17,18). The lowest BCUT2D eigenvalue weighted by Crippen LogP contribution is -2.16. The average Bonchev–Trinajstić information content (AvgIpc) is 2.60. The van der Waals surface area contributed by atoms with Gasteiger partial charge in [-0.2, -0.15) is 0 Å². The lowest BCUT2D eigenvalue weighted by Gasteiger charge is -2.21. The van der Waals surface area contributed by atoms with Crippen LogP contribution in [0.15, 0.2) is 27.7 Å². The van der Waals surface area contributed by atoms with Crippen LogP contribution in [0.5, 0.6) is 0 Å². The number of thioether (sulfide) groups is 1. The van der Waals surface area contributed by atoms with Crippen molar-refractivity contribution in [3.8, 4) is 0 Å². The number of nitrogens with zero attached hydrogens (tertiary/aromatic N) is 1. The van der Waals surface area contributed by atoms with Gasteiger partial charge < -0.3 is 5.32 Å². The van der Waals surface area contributed by atoms with Gasteiger partial charge in [0.2, 0.25) is 0 Å². The van der Waals surface area contributed by atoms with Crippen molar-refractivity contribution in [1.29, 1.82) is 0 Å². The molecule has 2 nitrogen and oxygen atoms in total. The summed E-state index contributed by atoms with van der Waals surface area (Å²) in [6, 6.07) is 6.34. The zero-order chi connectivity index (χ0) is 14.0. The summed E-state index contributed by atoms with van der Waals surface area (Å²) in [5.74, 6) is 0. The minimum absolute atomic E-state index is 0.370. The Bertz CT molecular complexity index is 471. The Kier molecular flexibility index (Phi) is 4.62. The summed E-state index contributed by atoms with van der Waals surface area (Å²) in [6.07, 6.45) is 1.20. The van der Waals surface area contributed by atoms with Crippen LogP contribution in [0.2, 0.25) is 0 Å². The SMILES string of the molecule is Cc1cc(Br)cc(NC2=NCC(CC(C)(C)C)S2)c1. The van der Waals surface area contributed by atoms with Gasteiger partial charge in [0.1, 0.15) is 0 Å². The summed E-state index contributed by atoms with van der Waals surface area (Å²) in [5, 5.41) is 5.08. The number of benzene rings is 1. The first kappa shape index (κ1) is 14.9. The first-order valence-electron chi connectivity index (χ1n) is 6.57. The number of hydrogen-bond donors (Lipinski definition) is 1. The van der Waals surface area contributed by atoms with Crippen LogP contribution in [0.25, 0.3) is 0 Å².